The third-order valence-corrected chi connectivity index (χ3v) is 9.30. The SMILES string of the molecule is C[C@@H]1O[C@@H](OC[C@@H]2O[C@H](Oc3c(-c4ccc(O)cc4)oc4cc(O)cc(O)c4c3=O)[C@@H](O[C@@H]3O[C@H](CO)[C@@H](O)[C@H](O)[C@H]3O)[C@H](O)[C@@H]2O)[C@H](O)[C@H](O)[C@H]1O. The normalized spacial score (nSPS) is 37.8. The first-order valence-corrected chi connectivity index (χ1v) is 16.4. The fourth-order valence-corrected chi connectivity index (χ4v) is 6.25. The van der Waals surface area contributed by atoms with Crippen LogP contribution < -0.4 is 10.2 Å². The van der Waals surface area contributed by atoms with E-state index in [1.807, 2.05) is 0 Å². The van der Waals surface area contributed by atoms with E-state index < -0.39 is 133 Å². The van der Waals surface area contributed by atoms with Gasteiger partial charge in [0.25, 0.3) is 0 Å². The fourth-order valence-electron chi connectivity index (χ4n) is 6.25. The van der Waals surface area contributed by atoms with Gasteiger partial charge in [0.15, 0.2) is 24.4 Å². The molecule has 53 heavy (non-hydrogen) atoms. The van der Waals surface area contributed by atoms with E-state index in [-0.39, 0.29) is 22.7 Å². The Kier molecular flexibility index (Phi) is 11.5. The highest BCUT2D eigenvalue weighted by Crippen LogP contribution is 2.38. The number of ether oxygens (including phenoxy) is 6. The Morgan fingerprint density at radius 2 is 1.30 bits per heavy atom. The lowest BCUT2D eigenvalue weighted by atomic mass is 9.97. The lowest BCUT2D eigenvalue weighted by molar-refractivity contribution is -0.362. The molecule has 20 heteroatoms. The van der Waals surface area contributed by atoms with Crippen LogP contribution in [0.2, 0.25) is 0 Å². The number of aromatic hydroxyl groups is 3. The van der Waals surface area contributed by atoms with Gasteiger partial charge in [0.05, 0.1) is 19.3 Å². The van der Waals surface area contributed by atoms with Gasteiger partial charge in [-0.25, -0.2) is 0 Å². The largest absolute Gasteiger partial charge is 0.508 e. The summed E-state index contributed by atoms with van der Waals surface area (Å²) in [7, 11) is 0. The smallest absolute Gasteiger partial charge is 0.239 e. The Morgan fingerprint density at radius 1 is 0.679 bits per heavy atom. The summed E-state index contributed by atoms with van der Waals surface area (Å²) < 4.78 is 40.0. The summed E-state index contributed by atoms with van der Waals surface area (Å²) in [5.74, 6) is -2.39. The molecule has 0 unspecified atom stereocenters. The van der Waals surface area contributed by atoms with Crippen molar-refractivity contribution in [3.05, 3.63) is 46.6 Å². The molecule has 3 aliphatic rings. The number of hydrogen-bond donors (Lipinski definition) is 12. The van der Waals surface area contributed by atoms with Gasteiger partial charge >= 0.3 is 0 Å². The van der Waals surface area contributed by atoms with Gasteiger partial charge in [0, 0.05) is 17.7 Å². The van der Waals surface area contributed by atoms with E-state index in [9.17, 15) is 66.1 Å². The maximum absolute atomic E-state index is 14.0. The molecule has 12 N–H and O–H groups in total. The highest BCUT2D eigenvalue weighted by Gasteiger charge is 2.52. The lowest BCUT2D eigenvalue weighted by Crippen LogP contribution is -2.65. The number of rotatable bonds is 9. The minimum Gasteiger partial charge on any atom is -0.508 e. The van der Waals surface area contributed by atoms with Gasteiger partial charge in [-0.05, 0) is 31.2 Å². The minimum absolute atomic E-state index is 0.112. The number of aliphatic hydroxyl groups excluding tert-OH is 9. The monoisotopic (exact) mass is 756 g/mol. The molecule has 3 fully saturated rings. The van der Waals surface area contributed by atoms with Crippen molar-refractivity contribution in [2.45, 2.75) is 99.0 Å². The van der Waals surface area contributed by atoms with Crippen molar-refractivity contribution in [1.29, 1.82) is 0 Å². The van der Waals surface area contributed by atoms with Crippen molar-refractivity contribution in [2.75, 3.05) is 13.2 Å². The van der Waals surface area contributed by atoms with Crippen molar-refractivity contribution in [1.82, 2.24) is 0 Å². The number of phenols is 3. The Labute approximate surface area is 298 Å². The van der Waals surface area contributed by atoms with Crippen LogP contribution in [-0.2, 0) is 23.7 Å². The zero-order valence-electron chi connectivity index (χ0n) is 27.7. The van der Waals surface area contributed by atoms with Crippen LogP contribution in [0.25, 0.3) is 22.3 Å². The first kappa shape index (κ1) is 39.0. The van der Waals surface area contributed by atoms with E-state index in [2.05, 4.69) is 0 Å². The molecule has 0 bridgehead atoms. The van der Waals surface area contributed by atoms with Gasteiger partial charge in [-0.15, -0.1) is 0 Å². The summed E-state index contributed by atoms with van der Waals surface area (Å²) in [5, 5.41) is 124. The molecule has 6 rings (SSSR count). The van der Waals surface area contributed by atoms with Gasteiger partial charge in [0.1, 0.15) is 89.3 Å². The summed E-state index contributed by atoms with van der Waals surface area (Å²) >= 11 is 0. The number of fused-ring (bicyclic) bond motifs is 1. The van der Waals surface area contributed by atoms with Crippen molar-refractivity contribution < 1.29 is 94.1 Å². The number of aliphatic hydroxyl groups is 9. The molecule has 3 aliphatic heterocycles. The highest BCUT2D eigenvalue weighted by molar-refractivity contribution is 5.88. The number of phenolic OH excluding ortho intramolecular Hbond substituents is 3. The summed E-state index contributed by atoms with van der Waals surface area (Å²) in [5.41, 5.74) is -1.23. The van der Waals surface area contributed by atoms with Crippen LogP contribution in [0.3, 0.4) is 0 Å². The van der Waals surface area contributed by atoms with Crippen molar-refractivity contribution in [3.8, 4) is 34.3 Å². The average molecular weight is 757 g/mol. The van der Waals surface area contributed by atoms with Gasteiger partial charge in [-0.2, -0.15) is 0 Å². The Hall–Kier alpha value is -3.71. The van der Waals surface area contributed by atoms with E-state index >= 15 is 0 Å². The van der Waals surface area contributed by atoms with E-state index in [1.165, 1.54) is 31.2 Å². The molecule has 3 aromatic rings. The van der Waals surface area contributed by atoms with E-state index in [0.29, 0.717) is 0 Å². The molecule has 1 aromatic heterocycles. The Balaban J connectivity index is 1.39. The van der Waals surface area contributed by atoms with E-state index in [4.69, 9.17) is 32.8 Å². The molecule has 4 heterocycles. The number of benzene rings is 2. The minimum atomic E-state index is -2.06. The van der Waals surface area contributed by atoms with Crippen LogP contribution in [0.15, 0.2) is 45.6 Å². The summed E-state index contributed by atoms with van der Waals surface area (Å²) in [6.45, 7) is -0.140. The molecule has 292 valence electrons. The van der Waals surface area contributed by atoms with Crippen LogP contribution in [-0.4, -0.2) is 167 Å². The molecular weight excluding hydrogens is 716 g/mol. The molecule has 0 radical (unpaired) electrons. The molecule has 0 aliphatic carbocycles. The predicted molar refractivity (Wildman–Crippen MR) is 171 cm³/mol. The second-order valence-corrected chi connectivity index (χ2v) is 12.9. The first-order valence-electron chi connectivity index (χ1n) is 16.4. The second kappa shape index (κ2) is 15.6. The van der Waals surface area contributed by atoms with E-state index in [0.717, 1.165) is 12.1 Å². The van der Waals surface area contributed by atoms with E-state index in [1.54, 1.807) is 0 Å². The molecule has 0 saturated carbocycles. The Morgan fingerprint density at radius 3 is 1.98 bits per heavy atom. The standard InChI is InChI=1S/C33H40O20/c1-10-19(38)23(42)26(45)31(48-10)47-9-17-21(40)25(44)30(53-32-27(46)24(43)20(39)16(8-34)50-32)33(51-17)52-29-22(41)18-14(37)6-13(36)7-15(18)49-28(29)11-2-4-12(35)5-3-11/h2-7,10,16-17,19-21,23-27,30-40,42-46H,8-9H2,1H3/t10-,16+,17-,19-,20+,21+,23+,24-,25+,26+,27+,30-,31+,32-,33+/m0/s1. The molecule has 0 amide bonds. The van der Waals surface area contributed by atoms with Crippen LogP contribution in [0, 0.1) is 0 Å². The quantitative estimate of drug-likeness (QED) is 0.100. The number of hydrogen-bond acceptors (Lipinski definition) is 20. The summed E-state index contributed by atoms with van der Waals surface area (Å²) in [4.78, 5) is 14.0. The topological polar surface area (TPSA) is 328 Å². The fraction of sp³-hybridized carbons (Fsp3) is 0.545. The molecular formula is C33H40O20. The maximum atomic E-state index is 14.0. The summed E-state index contributed by atoms with van der Waals surface area (Å²) in [6.07, 6.45) is -26.1. The van der Waals surface area contributed by atoms with Crippen LogP contribution in [0.4, 0.5) is 0 Å². The molecule has 15 atom stereocenters. The predicted octanol–water partition coefficient (Wildman–Crippen LogP) is -3.57. The molecule has 3 saturated heterocycles. The summed E-state index contributed by atoms with van der Waals surface area (Å²) in [6, 6.07) is 7.05. The van der Waals surface area contributed by atoms with Crippen molar-refractivity contribution >= 4 is 11.0 Å². The average Bonchev–Trinajstić information content (AvgIpc) is 3.12. The maximum Gasteiger partial charge on any atom is 0.239 e. The van der Waals surface area contributed by atoms with Gasteiger partial charge in [0.2, 0.25) is 17.5 Å². The van der Waals surface area contributed by atoms with Crippen LogP contribution >= 0.6 is 0 Å². The third kappa shape index (κ3) is 7.52. The zero-order valence-corrected chi connectivity index (χ0v) is 27.7. The van der Waals surface area contributed by atoms with Gasteiger partial charge in [-0.3, -0.25) is 4.79 Å². The third-order valence-electron chi connectivity index (χ3n) is 9.30. The van der Waals surface area contributed by atoms with Crippen molar-refractivity contribution in [2.24, 2.45) is 0 Å². The van der Waals surface area contributed by atoms with Crippen molar-refractivity contribution in [3.63, 3.8) is 0 Å². The second-order valence-electron chi connectivity index (χ2n) is 12.9. The van der Waals surface area contributed by atoms with Crippen LogP contribution in [0.1, 0.15) is 6.92 Å². The molecule has 2 aromatic carbocycles. The van der Waals surface area contributed by atoms with Crippen LogP contribution in [0.5, 0.6) is 23.0 Å². The Bertz CT molecular complexity index is 1780. The first-order chi connectivity index (χ1) is 25.1. The highest BCUT2D eigenvalue weighted by atomic mass is 16.8. The lowest BCUT2D eigenvalue weighted by Gasteiger charge is -2.46. The van der Waals surface area contributed by atoms with Gasteiger partial charge in [-0.1, -0.05) is 0 Å². The molecule has 20 nitrogen and oxygen atoms in total. The molecule has 0 spiro atoms. The van der Waals surface area contributed by atoms with Gasteiger partial charge < -0.3 is 94.1 Å². The zero-order chi connectivity index (χ0) is 38.5.